The van der Waals surface area contributed by atoms with Crippen molar-refractivity contribution in [3.63, 3.8) is 0 Å². The molecule has 1 heterocycles. The van der Waals surface area contributed by atoms with Gasteiger partial charge in [0.2, 0.25) is 5.82 Å². The molecular weight excluding hydrogens is 274 g/mol. The number of pyridine rings is 1. The monoisotopic (exact) mass is 293 g/mol. The summed E-state index contributed by atoms with van der Waals surface area (Å²) < 4.78 is 4.75. The van der Waals surface area contributed by atoms with Gasteiger partial charge in [0.1, 0.15) is 0 Å². The summed E-state index contributed by atoms with van der Waals surface area (Å²) in [4.78, 5) is 26.3. The molecule has 7 nitrogen and oxygen atoms in total. The van der Waals surface area contributed by atoms with Gasteiger partial charge in [-0.15, -0.1) is 0 Å². The van der Waals surface area contributed by atoms with E-state index in [2.05, 4.69) is 10.3 Å². The van der Waals surface area contributed by atoms with E-state index in [1.54, 1.807) is 19.2 Å². The van der Waals surface area contributed by atoms with E-state index in [9.17, 15) is 14.9 Å². The molecule has 1 fully saturated rings. The van der Waals surface area contributed by atoms with Crippen LogP contribution in [0.1, 0.15) is 31.2 Å². The number of nitrogens with zero attached hydrogens (tertiary/aromatic N) is 2. The summed E-state index contributed by atoms with van der Waals surface area (Å²) in [5.41, 5.74) is 0.605. The number of esters is 1. The van der Waals surface area contributed by atoms with Gasteiger partial charge in [-0.3, -0.25) is 14.9 Å². The Morgan fingerprint density at radius 1 is 1.43 bits per heavy atom. The number of methoxy groups -OCH3 is 1. The zero-order valence-electron chi connectivity index (χ0n) is 12.2. The summed E-state index contributed by atoms with van der Waals surface area (Å²) in [7, 11) is 1.40. The minimum absolute atomic E-state index is 0.0209. The summed E-state index contributed by atoms with van der Waals surface area (Å²) in [6.45, 7) is 1.69. The third-order valence-corrected chi connectivity index (χ3v) is 3.91. The van der Waals surface area contributed by atoms with Gasteiger partial charge in [0.25, 0.3) is 0 Å². The smallest absolute Gasteiger partial charge is 0.314 e. The first-order chi connectivity index (χ1) is 10.0. The van der Waals surface area contributed by atoms with E-state index >= 15 is 0 Å². The SMILES string of the molecule is COC(=O)C1CCC(Nc2nccc(C)c2[N+](=O)[O-])CC1. The lowest BCUT2D eigenvalue weighted by Crippen LogP contribution is -2.30. The fourth-order valence-electron chi connectivity index (χ4n) is 2.72. The molecule has 0 radical (unpaired) electrons. The number of carbonyl (C=O) groups is 1. The van der Waals surface area contributed by atoms with Crippen LogP contribution in [0.4, 0.5) is 11.5 Å². The van der Waals surface area contributed by atoms with Crippen molar-refractivity contribution in [3.05, 3.63) is 27.9 Å². The van der Waals surface area contributed by atoms with Gasteiger partial charge in [0.15, 0.2) is 0 Å². The van der Waals surface area contributed by atoms with Crippen LogP contribution in [0.25, 0.3) is 0 Å². The Labute approximate surface area is 122 Å². The molecule has 0 unspecified atom stereocenters. The Bertz CT molecular complexity index is 539. The average Bonchev–Trinajstić information content (AvgIpc) is 2.47. The van der Waals surface area contributed by atoms with Crippen molar-refractivity contribution in [2.24, 2.45) is 5.92 Å². The standard InChI is InChI=1S/C14H19N3O4/c1-9-7-8-15-13(12(9)17(19)20)16-11-5-3-10(4-6-11)14(18)21-2/h7-8,10-11H,3-6H2,1-2H3,(H,15,16). The van der Waals surface area contributed by atoms with Gasteiger partial charge < -0.3 is 10.1 Å². The average molecular weight is 293 g/mol. The highest BCUT2D eigenvalue weighted by atomic mass is 16.6. The Balaban J connectivity index is 2.03. The van der Waals surface area contributed by atoms with Gasteiger partial charge in [-0.1, -0.05) is 0 Å². The van der Waals surface area contributed by atoms with E-state index in [1.165, 1.54) is 7.11 Å². The highest BCUT2D eigenvalue weighted by Gasteiger charge is 2.28. The number of nitrogens with one attached hydrogen (secondary N) is 1. The Morgan fingerprint density at radius 2 is 2.10 bits per heavy atom. The van der Waals surface area contributed by atoms with Gasteiger partial charge in [-0.05, 0) is 38.7 Å². The van der Waals surface area contributed by atoms with E-state index < -0.39 is 4.92 Å². The molecule has 0 spiro atoms. The molecule has 0 aromatic carbocycles. The molecule has 0 aliphatic heterocycles. The Hall–Kier alpha value is -2.18. The van der Waals surface area contributed by atoms with Crippen LogP contribution in [0.3, 0.4) is 0 Å². The molecule has 0 amide bonds. The fourth-order valence-corrected chi connectivity index (χ4v) is 2.72. The van der Waals surface area contributed by atoms with E-state index in [-0.39, 0.29) is 23.6 Å². The topological polar surface area (TPSA) is 94.4 Å². The molecule has 0 atom stereocenters. The van der Waals surface area contributed by atoms with E-state index in [0.717, 1.165) is 25.7 Å². The summed E-state index contributed by atoms with van der Waals surface area (Å²) in [6.07, 6.45) is 4.55. The van der Waals surface area contributed by atoms with Crippen molar-refractivity contribution in [1.29, 1.82) is 0 Å². The van der Waals surface area contributed by atoms with Crippen molar-refractivity contribution in [1.82, 2.24) is 4.98 Å². The van der Waals surface area contributed by atoms with Crippen LogP contribution >= 0.6 is 0 Å². The largest absolute Gasteiger partial charge is 0.469 e. The highest BCUT2D eigenvalue weighted by molar-refractivity contribution is 5.72. The van der Waals surface area contributed by atoms with Gasteiger partial charge in [-0.2, -0.15) is 0 Å². The second-order valence-electron chi connectivity index (χ2n) is 5.30. The highest BCUT2D eigenvalue weighted by Crippen LogP contribution is 2.31. The summed E-state index contributed by atoms with van der Waals surface area (Å²) in [5, 5.41) is 14.3. The van der Waals surface area contributed by atoms with Crippen molar-refractivity contribution in [2.45, 2.75) is 38.6 Å². The maximum atomic E-state index is 11.5. The number of aromatic nitrogens is 1. The number of rotatable bonds is 4. The third kappa shape index (κ3) is 3.48. The number of anilines is 1. The lowest BCUT2D eigenvalue weighted by molar-refractivity contribution is -0.384. The molecule has 0 saturated heterocycles. The zero-order valence-corrected chi connectivity index (χ0v) is 12.2. The third-order valence-electron chi connectivity index (χ3n) is 3.91. The second-order valence-corrected chi connectivity index (χ2v) is 5.30. The molecule has 1 aliphatic rings. The molecule has 1 aromatic heterocycles. The molecule has 1 aromatic rings. The zero-order chi connectivity index (χ0) is 15.4. The fraction of sp³-hybridized carbons (Fsp3) is 0.571. The number of aryl methyl sites for hydroxylation is 1. The lowest BCUT2D eigenvalue weighted by Gasteiger charge is -2.27. The number of hydrogen-bond donors (Lipinski definition) is 1. The Kier molecular flexibility index (Phi) is 4.72. The first kappa shape index (κ1) is 15.2. The number of nitro groups is 1. The van der Waals surface area contributed by atoms with Crippen LogP contribution in [0.15, 0.2) is 12.3 Å². The molecular formula is C14H19N3O4. The molecule has 7 heteroatoms. The van der Waals surface area contributed by atoms with E-state index in [1.807, 2.05) is 0 Å². The van der Waals surface area contributed by atoms with Crippen LogP contribution in [0.5, 0.6) is 0 Å². The van der Waals surface area contributed by atoms with Gasteiger partial charge in [0, 0.05) is 17.8 Å². The number of carbonyl (C=O) groups excluding carboxylic acids is 1. The van der Waals surface area contributed by atoms with Gasteiger partial charge in [0.05, 0.1) is 18.0 Å². The summed E-state index contributed by atoms with van der Waals surface area (Å²) in [6, 6.07) is 1.72. The molecule has 1 N–H and O–H groups in total. The number of hydrogen-bond acceptors (Lipinski definition) is 6. The molecule has 0 bridgehead atoms. The maximum absolute atomic E-state index is 11.5. The van der Waals surface area contributed by atoms with Crippen LogP contribution in [-0.2, 0) is 9.53 Å². The van der Waals surface area contributed by atoms with Gasteiger partial charge >= 0.3 is 11.7 Å². The van der Waals surface area contributed by atoms with Crippen molar-refractivity contribution in [3.8, 4) is 0 Å². The molecule has 1 saturated carbocycles. The maximum Gasteiger partial charge on any atom is 0.314 e. The van der Waals surface area contributed by atoms with Crippen LogP contribution in [0.2, 0.25) is 0 Å². The summed E-state index contributed by atoms with van der Waals surface area (Å²) >= 11 is 0. The van der Waals surface area contributed by atoms with E-state index in [0.29, 0.717) is 11.4 Å². The van der Waals surface area contributed by atoms with Crippen molar-refractivity contribution >= 4 is 17.5 Å². The predicted molar refractivity (Wildman–Crippen MR) is 77.0 cm³/mol. The first-order valence-corrected chi connectivity index (χ1v) is 6.97. The minimum atomic E-state index is -0.412. The van der Waals surface area contributed by atoms with Crippen molar-refractivity contribution < 1.29 is 14.5 Å². The molecule has 2 rings (SSSR count). The lowest BCUT2D eigenvalue weighted by atomic mass is 9.86. The normalized spacial score (nSPS) is 21.6. The number of ether oxygens (including phenoxy) is 1. The van der Waals surface area contributed by atoms with E-state index in [4.69, 9.17) is 4.74 Å². The first-order valence-electron chi connectivity index (χ1n) is 6.97. The predicted octanol–water partition coefficient (Wildman–Crippen LogP) is 2.44. The van der Waals surface area contributed by atoms with Crippen molar-refractivity contribution in [2.75, 3.05) is 12.4 Å². The quantitative estimate of drug-likeness (QED) is 0.520. The van der Waals surface area contributed by atoms with Crippen LogP contribution in [0, 0.1) is 23.0 Å². The minimum Gasteiger partial charge on any atom is -0.469 e. The molecule has 21 heavy (non-hydrogen) atoms. The van der Waals surface area contributed by atoms with Gasteiger partial charge in [-0.25, -0.2) is 4.98 Å². The Morgan fingerprint density at radius 3 is 2.67 bits per heavy atom. The second kappa shape index (κ2) is 6.51. The molecule has 1 aliphatic carbocycles. The van der Waals surface area contributed by atoms with Crippen LogP contribution in [-0.4, -0.2) is 29.0 Å². The summed E-state index contributed by atoms with van der Waals surface area (Å²) in [5.74, 6) is 0.0723. The molecule has 114 valence electrons. The van der Waals surface area contributed by atoms with Crippen LogP contribution < -0.4 is 5.32 Å².